The summed E-state index contributed by atoms with van der Waals surface area (Å²) in [6.45, 7) is 4.61. The topological polar surface area (TPSA) is 108 Å². The maximum absolute atomic E-state index is 12.9. The molecule has 0 bridgehead atoms. The number of urea groups is 1. The summed E-state index contributed by atoms with van der Waals surface area (Å²) < 4.78 is 27.3. The lowest BCUT2D eigenvalue weighted by Crippen LogP contribution is -2.43. The molecule has 2 N–H and O–H groups in total. The van der Waals surface area contributed by atoms with E-state index in [0.29, 0.717) is 27.9 Å². The van der Waals surface area contributed by atoms with Gasteiger partial charge in [-0.15, -0.1) is 0 Å². The fourth-order valence-electron chi connectivity index (χ4n) is 2.81. The van der Waals surface area contributed by atoms with Crippen molar-refractivity contribution >= 4 is 63.7 Å². The van der Waals surface area contributed by atoms with E-state index in [1.54, 1.807) is 19.1 Å². The van der Waals surface area contributed by atoms with Gasteiger partial charge >= 0.3 is 6.03 Å². The lowest BCUT2D eigenvalue weighted by atomic mass is 9.98. The summed E-state index contributed by atoms with van der Waals surface area (Å²) in [6, 6.07) is 6.73. The minimum Gasteiger partial charge on any atom is -0.306 e. The smallest absolute Gasteiger partial charge is 0.306 e. The molecule has 32 heavy (non-hydrogen) atoms. The molecule has 1 atom stereocenters. The van der Waals surface area contributed by atoms with Crippen molar-refractivity contribution in [2.45, 2.75) is 13.3 Å². The van der Waals surface area contributed by atoms with E-state index in [9.17, 15) is 23.0 Å². The maximum Gasteiger partial charge on any atom is 0.331 e. The Hall–Kier alpha value is -3.02. The monoisotopic (exact) mass is 494 g/mol. The number of pyridine rings is 1. The van der Waals surface area contributed by atoms with Crippen molar-refractivity contribution < 1.29 is 23.0 Å². The van der Waals surface area contributed by atoms with Crippen LogP contribution in [0.5, 0.6) is 0 Å². The molecule has 1 aliphatic rings. The highest BCUT2D eigenvalue weighted by Crippen LogP contribution is 2.28. The lowest BCUT2D eigenvalue weighted by Gasteiger charge is -2.26. The van der Waals surface area contributed by atoms with Crippen LogP contribution in [0, 0.1) is 0 Å². The van der Waals surface area contributed by atoms with Gasteiger partial charge in [-0.2, -0.15) is 4.39 Å². The van der Waals surface area contributed by atoms with Crippen molar-refractivity contribution in [1.82, 2.24) is 9.71 Å². The largest absolute Gasteiger partial charge is 0.331 e. The van der Waals surface area contributed by atoms with Crippen LogP contribution in [0.3, 0.4) is 0 Å². The highest BCUT2D eigenvalue weighted by Gasteiger charge is 2.33. The average molecular weight is 495 g/mol. The Morgan fingerprint density at radius 2 is 2.09 bits per heavy atom. The molecule has 0 aliphatic carbocycles. The predicted molar refractivity (Wildman–Crippen MR) is 123 cm³/mol. The summed E-state index contributed by atoms with van der Waals surface area (Å²) in [6.07, 6.45) is 2.64. The van der Waals surface area contributed by atoms with Crippen molar-refractivity contribution in [2.24, 2.45) is 0 Å². The first-order valence-electron chi connectivity index (χ1n) is 8.99. The number of hydrogen-bond acceptors (Lipinski definition) is 6. The zero-order valence-electron chi connectivity index (χ0n) is 16.6. The molecule has 4 amide bonds. The van der Waals surface area contributed by atoms with E-state index >= 15 is 0 Å². The first-order chi connectivity index (χ1) is 15.2. The van der Waals surface area contributed by atoms with Gasteiger partial charge in [-0.05, 0) is 48.5 Å². The normalized spacial score (nSPS) is 14.6. The molecule has 3 rings (SSSR count). The molecule has 1 aliphatic heterocycles. The summed E-state index contributed by atoms with van der Waals surface area (Å²) in [5.74, 6) is -0.919. The van der Waals surface area contributed by atoms with E-state index < -0.39 is 34.0 Å². The molecule has 0 spiro atoms. The number of amides is 4. The number of hydrogen-bond donors (Lipinski definition) is 2. The standard InChI is InChI=1S/C20H16ClFN4O4S2/c1-3-18(31-11(2)22)32(30)25-20(29)24-14-6-7-16(23-10-14)26-17(27)8-12-4-5-13(21)9-15(12)19(26)28/h3-7,9-10H,2,8H2,1H3,(H2,24,25,29)/b18-3+. The van der Waals surface area contributed by atoms with Gasteiger partial charge in [0, 0.05) is 10.6 Å². The zero-order valence-corrected chi connectivity index (χ0v) is 18.9. The number of carbonyl (C=O) groups excluding carboxylic acids is 3. The van der Waals surface area contributed by atoms with E-state index in [1.807, 2.05) is 0 Å². The first-order valence-corrected chi connectivity index (χ1v) is 11.3. The molecular weight excluding hydrogens is 479 g/mol. The SMILES string of the molecule is C=C(F)S/C(=C\C)S(=O)NC(=O)Nc1ccc(N2C(=O)Cc3ccc(Cl)cc3C2=O)nc1. The van der Waals surface area contributed by atoms with Gasteiger partial charge in [0.05, 0.1) is 22.5 Å². The second-order valence-electron chi connectivity index (χ2n) is 6.31. The molecule has 0 saturated heterocycles. The third-order valence-electron chi connectivity index (χ3n) is 4.15. The number of carbonyl (C=O) groups is 3. The highest BCUT2D eigenvalue weighted by atomic mass is 35.5. The van der Waals surface area contributed by atoms with Crippen LogP contribution >= 0.6 is 23.4 Å². The number of nitrogens with zero attached hydrogens (tertiary/aromatic N) is 2. The van der Waals surface area contributed by atoms with Gasteiger partial charge in [-0.1, -0.05) is 30.3 Å². The Labute approximate surface area is 194 Å². The lowest BCUT2D eigenvalue weighted by molar-refractivity contribution is -0.117. The molecule has 0 saturated carbocycles. The van der Waals surface area contributed by atoms with Gasteiger partial charge in [0.1, 0.15) is 5.82 Å². The maximum atomic E-state index is 12.9. The molecular formula is C20H16ClFN4O4S2. The number of halogens is 2. The second kappa shape index (κ2) is 10.1. The molecule has 8 nitrogen and oxygen atoms in total. The molecule has 166 valence electrons. The quantitative estimate of drug-likeness (QED) is 0.580. The van der Waals surface area contributed by atoms with Crippen molar-refractivity contribution in [3.05, 3.63) is 74.7 Å². The summed E-state index contributed by atoms with van der Waals surface area (Å²) in [7, 11) is -1.99. The number of nitrogens with one attached hydrogen (secondary N) is 2. The number of rotatable bonds is 6. The van der Waals surface area contributed by atoms with Gasteiger partial charge in [-0.25, -0.2) is 18.9 Å². The van der Waals surface area contributed by atoms with Crippen molar-refractivity contribution in [3.8, 4) is 0 Å². The Bertz CT molecular complexity index is 1170. The number of anilines is 2. The van der Waals surface area contributed by atoms with Crippen LogP contribution in [0.2, 0.25) is 5.02 Å². The number of imide groups is 1. The van der Waals surface area contributed by atoms with E-state index in [-0.39, 0.29) is 22.2 Å². The number of fused-ring (bicyclic) bond motifs is 1. The Balaban J connectivity index is 1.69. The predicted octanol–water partition coefficient (Wildman–Crippen LogP) is 4.28. The Morgan fingerprint density at radius 1 is 1.34 bits per heavy atom. The van der Waals surface area contributed by atoms with Crippen LogP contribution in [0.25, 0.3) is 0 Å². The van der Waals surface area contributed by atoms with E-state index in [2.05, 4.69) is 21.6 Å². The fraction of sp³-hybridized carbons (Fsp3) is 0.100. The number of aromatic nitrogens is 1. The molecule has 1 aromatic carbocycles. The van der Waals surface area contributed by atoms with Crippen molar-refractivity contribution in [1.29, 1.82) is 0 Å². The number of thioether (sulfide) groups is 1. The van der Waals surface area contributed by atoms with Crippen LogP contribution in [0.1, 0.15) is 22.8 Å². The van der Waals surface area contributed by atoms with Crippen molar-refractivity contribution in [2.75, 3.05) is 10.2 Å². The minimum atomic E-state index is -1.99. The van der Waals surface area contributed by atoms with Crippen LogP contribution in [-0.2, 0) is 22.2 Å². The van der Waals surface area contributed by atoms with Crippen LogP contribution in [0.4, 0.5) is 20.7 Å². The van der Waals surface area contributed by atoms with Gasteiger partial charge < -0.3 is 5.32 Å². The summed E-state index contributed by atoms with van der Waals surface area (Å²) >= 11 is 6.50. The highest BCUT2D eigenvalue weighted by molar-refractivity contribution is 8.18. The number of allylic oxidation sites excluding steroid dienone is 1. The molecule has 12 heteroatoms. The van der Waals surface area contributed by atoms with E-state index in [0.717, 1.165) is 4.90 Å². The van der Waals surface area contributed by atoms with Crippen LogP contribution in [0.15, 0.2) is 58.6 Å². The summed E-state index contributed by atoms with van der Waals surface area (Å²) in [5, 5.41) is 2.03. The molecule has 2 heterocycles. The number of benzene rings is 1. The van der Waals surface area contributed by atoms with Gasteiger partial charge in [0.15, 0.2) is 16.1 Å². The molecule has 2 aromatic rings. The van der Waals surface area contributed by atoms with Crippen LogP contribution < -0.4 is 14.9 Å². The summed E-state index contributed by atoms with van der Waals surface area (Å²) in [5.41, 5.74) is 1.11. The van der Waals surface area contributed by atoms with Gasteiger partial charge in [-0.3, -0.25) is 14.3 Å². The van der Waals surface area contributed by atoms with Crippen molar-refractivity contribution in [3.63, 3.8) is 0 Å². The van der Waals surface area contributed by atoms with Gasteiger partial charge in [0.2, 0.25) is 5.91 Å². The summed E-state index contributed by atoms with van der Waals surface area (Å²) in [4.78, 5) is 42.4. The Morgan fingerprint density at radius 3 is 2.72 bits per heavy atom. The van der Waals surface area contributed by atoms with Crippen LogP contribution in [-0.4, -0.2) is 27.0 Å². The minimum absolute atomic E-state index is 0.0186. The molecule has 1 aromatic heterocycles. The fourth-order valence-corrected chi connectivity index (χ4v) is 4.55. The first kappa shape index (κ1) is 23.6. The average Bonchev–Trinajstić information content (AvgIpc) is 2.73. The molecule has 0 fully saturated rings. The third-order valence-corrected chi connectivity index (χ3v) is 6.72. The zero-order chi connectivity index (χ0) is 23.4. The Kier molecular flexibility index (Phi) is 7.44. The second-order valence-corrected chi connectivity index (χ2v) is 9.27. The molecule has 1 unspecified atom stereocenters. The van der Waals surface area contributed by atoms with Gasteiger partial charge in [0.25, 0.3) is 5.91 Å². The third kappa shape index (κ3) is 5.42. The molecule has 0 radical (unpaired) electrons. The van der Waals surface area contributed by atoms with E-state index in [4.69, 9.17) is 11.6 Å². The van der Waals surface area contributed by atoms with E-state index in [1.165, 1.54) is 30.5 Å².